The molecule has 0 aromatic heterocycles. The fraction of sp³-hybridized carbons (Fsp3) is 0.133. The highest BCUT2D eigenvalue weighted by atomic mass is 35.5. The largest absolute Gasteiger partial charge is 0.490 e. The van der Waals surface area contributed by atoms with E-state index in [0.717, 1.165) is 11.6 Å². The van der Waals surface area contributed by atoms with E-state index in [1.54, 1.807) is 19.1 Å². The highest BCUT2D eigenvalue weighted by Crippen LogP contribution is 2.42. The monoisotopic (exact) mass is 647 g/mol. The Labute approximate surface area is 258 Å². The molecule has 4 aromatic carbocycles. The van der Waals surface area contributed by atoms with Crippen LogP contribution in [-0.4, -0.2) is 23.7 Å². The third-order valence-corrected chi connectivity index (χ3v) is 6.40. The average Bonchev–Trinajstić information content (AvgIpc) is 2.98. The molecule has 0 aliphatic carbocycles. The van der Waals surface area contributed by atoms with Gasteiger partial charge in [-0.25, -0.2) is 5.43 Å². The van der Waals surface area contributed by atoms with Crippen molar-refractivity contribution in [2.45, 2.75) is 19.7 Å². The summed E-state index contributed by atoms with van der Waals surface area (Å²) in [6.45, 7) is 2.46. The van der Waals surface area contributed by atoms with E-state index < -0.39 is 34.0 Å². The van der Waals surface area contributed by atoms with Crippen molar-refractivity contribution in [1.29, 1.82) is 0 Å². The maximum Gasteiger partial charge on any atom is 0.416 e. The highest BCUT2D eigenvalue weighted by molar-refractivity contribution is 6.37. The predicted molar refractivity (Wildman–Crippen MR) is 158 cm³/mol. The molecule has 1 amide bonds. The molecule has 0 saturated heterocycles. The molecule has 9 nitrogen and oxygen atoms in total. The van der Waals surface area contributed by atoms with E-state index >= 15 is 0 Å². The Bertz CT molecular complexity index is 1680. The lowest BCUT2D eigenvalue weighted by Gasteiger charge is -2.13. The summed E-state index contributed by atoms with van der Waals surface area (Å²) in [6, 6.07) is 18.7. The molecule has 0 unspecified atom stereocenters. The van der Waals surface area contributed by atoms with E-state index in [-0.39, 0.29) is 21.4 Å². The summed E-state index contributed by atoms with van der Waals surface area (Å²) in [5, 5.41) is 15.0. The summed E-state index contributed by atoms with van der Waals surface area (Å²) in [5.74, 6) is -0.436. The molecule has 1 N–H and O–H groups in total. The number of rotatable bonds is 11. The van der Waals surface area contributed by atoms with Crippen LogP contribution >= 0.6 is 23.2 Å². The third kappa shape index (κ3) is 8.17. The molecule has 0 aliphatic rings. The molecule has 0 aliphatic heterocycles. The zero-order valence-electron chi connectivity index (χ0n) is 22.7. The first-order valence-electron chi connectivity index (χ1n) is 12.8. The third-order valence-electron chi connectivity index (χ3n) is 5.84. The summed E-state index contributed by atoms with van der Waals surface area (Å²) in [7, 11) is 0. The van der Waals surface area contributed by atoms with E-state index in [1.807, 2.05) is 30.3 Å². The highest BCUT2D eigenvalue weighted by Gasteiger charge is 2.33. The zero-order chi connectivity index (χ0) is 31.9. The minimum absolute atomic E-state index is 0.119. The Morgan fingerprint density at radius 2 is 1.64 bits per heavy atom. The van der Waals surface area contributed by atoms with Crippen molar-refractivity contribution in [2.24, 2.45) is 5.10 Å². The first-order valence-corrected chi connectivity index (χ1v) is 13.5. The summed E-state index contributed by atoms with van der Waals surface area (Å²) in [4.78, 5) is 23.1. The normalized spacial score (nSPS) is 11.3. The number of hydrogen-bond acceptors (Lipinski definition) is 7. The lowest BCUT2D eigenvalue weighted by atomic mass is 10.2. The number of amides is 1. The number of benzene rings is 4. The Kier molecular flexibility index (Phi) is 10.3. The minimum atomic E-state index is -4.79. The van der Waals surface area contributed by atoms with Crippen LogP contribution in [0.25, 0.3) is 0 Å². The predicted octanol–water partition coefficient (Wildman–Crippen LogP) is 8.45. The Balaban J connectivity index is 1.45. The van der Waals surface area contributed by atoms with Gasteiger partial charge in [0.15, 0.2) is 17.2 Å². The van der Waals surface area contributed by atoms with Crippen molar-refractivity contribution in [3.63, 3.8) is 0 Å². The molecular formula is C30H22Cl2F3N3O6. The number of nitrogens with one attached hydrogen (secondary N) is 1. The number of carbonyl (C=O) groups is 1. The maximum atomic E-state index is 13.0. The number of ether oxygens (including phenoxy) is 3. The van der Waals surface area contributed by atoms with Gasteiger partial charge in [-0.1, -0.05) is 53.5 Å². The van der Waals surface area contributed by atoms with Gasteiger partial charge in [0, 0.05) is 11.6 Å². The van der Waals surface area contributed by atoms with Crippen LogP contribution in [0.5, 0.6) is 23.0 Å². The Morgan fingerprint density at radius 1 is 0.955 bits per heavy atom. The quantitative estimate of drug-likeness (QED) is 0.0993. The fourth-order valence-corrected chi connectivity index (χ4v) is 4.37. The number of nitro benzene ring substituents is 1. The van der Waals surface area contributed by atoms with Crippen LogP contribution in [0.3, 0.4) is 0 Å². The summed E-state index contributed by atoms with van der Waals surface area (Å²) in [5.41, 5.74) is 1.75. The van der Waals surface area contributed by atoms with Gasteiger partial charge in [0.05, 0.1) is 33.4 Å². The molecule has 0 heterocycles. The fourth-order valence-electron chi connectivity index (χ4n) is 3.79. The number of hydrogen-bond donors (Lipinski definition) is 1. The molecule has 0 bridgehead atoms. The second-order valence-electron chi connectivity index (χ2n) is 8.92. The second kappa shape index (κ2) is 14.1. The molecule has 0 saturated carbocycles. The molecule has 228 valence electrons. The molecule has 14 heteroatoms. The lowest BCUT2D eigenvalue weighted by Crippen LogP contribution is -2.17. The van der Waals surface area contributed by atoms with Gasteiger partial charge in [-0.2, -0.15) is 18.3 Å². The zero-order valence-corrected chi connectivity index (χ0v) is 24.2. The molecular weight excluding hydrogens is 626 g/mol. The van der Waals surface area contributed by atoms with Crippen molar-refractivity contribution in [1.82, 2.24) is 5.43 Å². The van der Waals surface area contributed by atoms with Gasteiger partial charge in [0.1, 0.15) is 6.61 Å². The number of nitro groups is 1. The van der Waals surface area contributed by atoms with Crippen LogP contribution < -0.4 is 19.6 Å². The second-order valence-corrected chi connectivity index (χ2v) is 9.74. The van der Waals surface area contributed by atoms with Crippen LogP contribution in [0.2, 0.25) is 10.0 Å². The van der Waals surface area contributed by atoms with Crippen LogP contribution in [0.15, 0.2) is 84.0 Å². The van der Waals surface area contributed by atoms with Crippen molar-refractivity contribution >= 4 is 41.0 Å². The molecule has 44 heavy (non-hydrogen) atoms. The van der Waals surface area contributed by atoms with Gasteiger partial charge < -0.3 is 14.2 Å². The smallest absolute Gasteiger partial charge is 0.416 e. The van der Waals surface area contributed by atoms with Gasteiger partial charge in [-0.05, 0) is 60.5 Å². The van der Waals surface area contributed by atoms with E-state index in [4.69, 9.17) is 37.4 Å². The first kappa shape index (κ1) is 32.1. The Hall–Kier alpha value is -4.81. The van der Waals surface area contributed by atoms with Gasteiger partial charge in [-0.15, -0.1) is 0 Å². The molecule has 0 atom stereocenters. The van der Waals surface area contributed by atoms with Gasteiger partial charge in [0.25, 0.3) is 5.91 Å². The summed E-state index contributed by atoms with van der Waals surface area (Å²) in [6.07, 6.45) is -3.55. The number of carbonyl (C=O) groups excluding carboxylic acids is 1. The molecule has 4 aromatic rings. The summed E-state index contributed by atoms with van der Waals surface area (Å²) >= 11 is 12.5. The number of halogens is 5. The van der Waals surface area contributed by atoms with Crippen LogP contribution in [-0.2, 0) is 12.8 Å². The van der Waals surface area contributed by atoms with Gasteiger partial charge in [-0.3, -0.25) is 14.9 Å². The maximum absolute atomic E-state index is 13.0. The minimum Gasteiger partial charge on any atom is -0.490 e. The number of hydrazone groups is 1. The van der Waals surface area contributed by atoms with Crippen LogP contribution in [0, 0.1) is 10.1 Å². The number of alkyl halides is 3. The molecule has 0 fully saturated rings. The topological polar surface area (TPSA) is 112 Å². The molecule has 0 radical (unpaired) electrons. The van der Waals surface area contributed by atoms with Gasteiger partial charge in [0.2, 0.25) is 5.75 Å². The van der Waals surface area contributed by atoms with Crippen LogP contribution in [0.1, 0.15) is 34.0 Å². The SMILES string of the molecule is CCOc1cc(C(=O)N/N=C/c2cc(Cl)c(Oc3ccc(C(F)(F)F)cc3[N+](=O)[O-])c(Cl)c2)ccc1OCc1ccccc1. The van der Waals surface area contributed by atoms with E-state index in [1.165, 1.54) is 24.4 Å². The van der Waals surface area contributed by atoms with Crippen molar-refractivity contribution < 1.29 is 37.1 Å². The molecule has 0 spiro atoms. The standard InChI is InChI=1S/C30H22Cl2F3N3O6/c1-2-42-27-14-20(8-10-26(27)43-17-18-6-4-3-5-7-18)29(39)37-36-16-19-12-22(31)28(23(32)13-19)44-25-11-9-21(30(33,34)35)15-24(25)38(40)41/h3-16H,2,17H2,1H3,(H,37,39)/b36-16+. The van der Waals surface area contributed by atoms with Crippen molar-refractivity contribution in [3.8, 4) is 23.0 Å². The van der Waals surface area contributed by atoms with Crippen molar-refractivity contribution in [3.05, 3.63) is 121 Å². The van der Waals surface area contributed by atoms with E-state index in [0.29, 0.717) is 42.4 Å². The summed E-state index contributed by atoms with van der Waals surface area (Å²) < 4.78 is 55.9. The van der Waals surface area contributed by atoms with E-state index in [9.17, 15) is 28.1 Å². The Morgan fingerprint density at radius 3 is 2.27 bits per heavy atom. The number of nitrogens with zero attached hydrogens (tertiary/aromatic N) is 2. The van der Waals surface area contributed by atoms with Gasteiger partial charge >= 0.3 is 11.9 Å². The van der Waals surface area contributed by atoms with Crippen LogP contribution in [0.4, 0.5) is 18.9 Å². The van der Waals surface area contributed by atoms with E-state index in [2.05, 4.69) is 10.5 Å². The molecule has 4 rings (SSSR count). The average molecular weight is 648 g/mol. The van der Waals surface area contributed by atoms with Crippen molar-refractivity contribution in [2.75, 3.05) is 6.61 Å². The lowest BCUT2D eigenvalue weighted by molar-refractivity contribution is -0.385. The first-order chi connectivity index (χ1) is 21.0.